The maximum absolute atomic E-state index is 12.1. The first-order chi connectivity index (χ1) is 9.61. The van der Waals surface area contributed by atoms with E-state index >= 15 is 0 Å². The van der Waals surface area contributed by atoms with E-state index in [-0.39, 0.29) is 17.3 Å². The van der Waals surface area contributed by atoms with Crippen LogP contribution < -0.4 is 5.32 Å². The maximum atomic E-state index is 12.1. The Morgan fingerprint density at radius 2 is 2.40 bits per heavy atom. The van der Waals surface area contributed by atoms with E-state index in [4.69, 9.17) is 0 Å². The van der Waals surface area contributed by atoms with Crippen molar-refractivity contribution >= 4 is 11.6 Å². The highest BCUT2D eigenvalue weighted by Gasteiger charge is 2.18. The van der Waals surface area contributed by atoms with Gasteiger partial charge in [-0.25, -0.2) is 0 Å². The lowest BCUT2D eigenvalue weighted by molar-refractivity contribution is -0.384. The molecule has 0 atom stereocenters. The van der Waals surface area contributed by atoms with Crippen molar-refractivity contribution in [2.75, 3.05) is 0 Å². The van der Waals surface area contributed by atoms with Crippen molar-refractivity contribution in [3.8, 4) is 0 Å². The van der Waals surface area contributed by atoms with Gasteiger partial charge in [-0.05, 0) is 12.5 Å². The zero-order chi connectivity index (χ0) is 14.5. The SMILES string of the molecule is CCCn1cc([N+](=O)[O-])cc1C(=O)NCc1ccn[nH]1. The van der Waals surface area contributed by atoms with Gasteiger partial charge in [0.2, 0.25) is 0 Å². The van der Waals surface area contributed by atoms with Gasteiger partial charge in [-0.1, -0.05) is 6.92 Å². The average Bonchev–Trinajstić information content (AvgIpc) is 3.05. The molecule has 0 aliphatic rings. The molecule has 2 rings (SSSR count). The van der Waals surface area contributed by atoms with Crippen LogP contribution in [0.5, 0.6) is 0 Å². The predicted molar refractivity (Wildman–Crippen MR) is 71.1 cm³/mol. The topological polar surface area (TPSA) is 106 Å². The average molecular weight is 277 g/mol. The molecule has 1 amide bonds. The quantitative estimate of drug-likeness (QED) is 0.615. The molecule has 0 radical (unpaired) electrons. The third-order valence-corrected chi connectivity index (χ3v) is 2.79. The molecule has 2 N–H and O–H groups in total. The van der Waals surface area contributed by atoms with Crippen LogP contribution in [-0.2, 0) is 13.1 Å². The Bertz CT molecular complexity index is 603. The summed E-state index contributed by atoms with van der Waals surface area (Å²) in [7, 11) is 0. The van der Waals surface area contributed by atoms with E-state index in [1.807, 2.05) is 6.92 Å². The van der Waals surface area contributed by atoms with Crippen LogP contribution in [-0.4, -0.2) is 25.6 Å². The van der Waals surface area contributed by atoms with Crippen LogP contribution in [0.4, 0.5) is 5.69 Å². The Hall–Kier alpha value is -2.64. The van der Waals surface area contributed by atoms with Crippen molar-refractivity contribution in [1.82, 2.24) is 20.1 Å². The van der Waals surface area contributed by atoms with Crippen molar-refractivity contribution in [2.24, 2.45) is 0 Å². The fourth-order valence-electron chi connectivity index (χ4n) is 1.86. The molecule has 106 valence electrons. The standard InChI is InChI=1S/C12H15N5O3/c1-2-5-16-8-10(17(19)20)6-11(16)12(18)13-7-9-3-4-14-15-9/h3-4,6,8H,2,5,7H2,1H3,(H,13,18)(H,14,15). The predicted octanol–water partition coefficient (Wildman–Crippen LogP) is 1.46. The summed E-state index contributed by atoms with van der Waals surface area (Å²) in [5.41, 5.74) is 0.977. The highest BCUT2D eigenvalue weighted by Crippen LogP contribution is 2.17. The minimum absolute atomic E-state index is 0.0786. The highest BCUT2D eigenvalue weighted by atomic mass is 16.6. The molecule has 0 aromatic carbocycles. The fourth-order valence-corrected chi connectivity index (χ4v) is 1.86. The molecule has 2 aromatic heterocycles. The molecule has 20 heavy (non-hydrogen) atoms. The van der Waals surface area contributed by atoms with E-state index in [9.17, 15) is 14.9 Å². The van der Waals surface area contributed by atoms with Gasteiger partial charge in [0.25, 0.3) is 11.6 Å². The second-order valence-electron chi connectivity index (χ2n) is 4.30. The molecule has 8 heteroatoms. The van der Waals surface area contributed by atoms with E-state index in [0.717, 1.165) is 12.1 Å². The van der Waals surface area contributed by atoms with Gasteiger partial charge < -0.3 is 9.88 Å². The second kappa shape index (κ2) is 6.00. The summed E-state index contributed by atoms with van der Waals surface area (Å²) >= 11 is 0. The van der Waals surface area contributed by atoms with Gasteiger partial charge in [0.05, 0.1) is 23.4 Å². The van der Waals surface area contributed by atoms with Crippen LogP contribution >= 0.6 is 0 Å². The summed E-state index contributed by atoms with van der Waals surface area (Å²) < 4.78 is 1.60. The molecular formula is C12H15N5O3. The number of aryl methyl sites for hydroxylation is 1. The number of H-pyrrole nitrogens is 1. The summed E-state index contributed by atoms with van der Waals surface area (Å²) in [6.45, 7) is 2.79. The van der Waals surface area contributed by atoms with Crippen molar-refractivity contribution in [1.29, 1.82) is 0 Å². The number of aromatic nitrogens is 3. The lowest BCUT2D eigenvalue weighted by atomic mass is 10.3. The number of aromatic amines is 1. The van der Waals surface area contributed by atoms with Crippen LogP contribution in [0.15, 0.2) is 24.5 Å². The molecule has 0 bridgehead atoms. The summed E-state index contributed by atoms with van der Waals surface area (Å²) in [4.78, 5) is 22.4. The molecule has 0 saturated carbocycles. The van der Waals surface area contributed by atoms with Gasteiger partial charge >= 0.3 is 0 Å². The minimum atomic E-state index is -0.502. The zero-order valence-corrected chi connectivity index (χ0v) is 11.0. The zero-order valence-electron chi connectivity index (χ0n) is 11.0. The summed E-state index contributed by atoms with van der Waals surface area (Å²) in [5, 5.41) is 20.0. The number of carbonyl (C=O) groups excluding carboxylic acids is 1. The van der Waals surface area contributed by atoms with Crippen LogP contribution in [0.3, 0.4) is 0 Å². The Labute approximate surface area is 114 Å². The van der Waals surface area contributed by atoms with Crippen molar-refractivity contribution in [3.05, 3.63) is 46.0 Å². The number of nitro groups is 1. The number of hydrogen-bond acceptors (Lipinski definition) is 4. The molecule has 0 spiro atoms. The Kier molecular flexibility index (Phi) is 4.14. The van der Waals surface area contributed by atoms with Crippen LogP contribution in [0, 0.1) is 10.1 Å². The first-order valence-corrected chi connectivity index (χ1v) is 6.22. The third kappa shape index (κ3) is 3.02. The first-order valence-electron chi connectivity index (χ1n) is 6.22. The largest absolute Gasteiger partial charge is 0.345 e. The number of rotatable bonds is 6. The van der Waals surface area contributed by atoms with Crippen LogP contribution in [0.1, 0.15) is 29.5 Å². The molecule has 0 saturated heterocycles. The smallest absolute Gasteiger partial charge is 0.287 e. The van der Waals surface area contributed by atoms with Crippen molar-refractivity contribution in [3.63, 3.8) is 0 Å². The number of hydrogen-bond donors (Lipinski definition) is 2. The summed E-state index contributed by atoms with van der Waals surface area (Å²) in [6.07, 6.45) is 3.76. The van der Waals surface area contributed by atoms with Gasteiger partial charge in [0.15, 0.2) is 0 Å². The lowest BCUT2D eigenvalue weighted by Gasteiger charge is -2.07. The van der Waals surface area contributed by atoms with Crippen LogP contribution in [0.2, 0.25) is 0 Å². The molecule has 8 nitrogen and oxygen atoms in total. The molecule has 0 fully saturated rings. The molecule has 2 aromatic rings. The third-order valence-electron chi connectivity index (χ3n) is 2.79. The van der Waals surface area contributed by atoms with E-state index in [1.165, 1.54) is 12.3 Å². The molecular weight excluding hydrogens is 262 g/mol. The number of nitrogens with zero attached hydrogens (tertiary/aromatic N) is 3. The number of nitrogens with one attached hydrogen (secondary N) is 2. The first kappa shape index (κ1) is 13.8. The van der Waals surface area contributed by atoms with Gasteiger partial charge in [0, 0.05) is 18.8 Å². The normalized spacial score (nSPS) is 10.4. The summed E-state index contributed by atoms with van der Waals surface area (Å²) in [5.74, 6) is -0.346. The van der Waals surface area contributed by atoms with Crippen LogP contribution in [0.25, 0.3) is 0 Å². The van der Waals surface area contributed by atoms with Gasteiger partial charge in [-0.15, -0.1) is 0 Å². The Balaban J connectivity index is 2.13. The molecule has 2 heterocycles. The van der Waals surface area contributed by atoms with Gasteiger partial charge in [0.1, 0.15) is 5.69 Å². The van der Waals surface area contributed by atoms with Crippen molar-refractivity contribution in [2.45, 2.75) is 26.4 Å². The van der Waals surface area contributed by atoms with Gasteiger partial charge in [-0.2, -0.15) is 5.10 Å². The van der Waals surface area contributed by atoms with E-state index < -0.39 is 4.92 Å². The maximum Gasteiger partial charge on any atom is 0.287 e. The Morgan fingerprint density at radius 3 is 3.00 bits per heavy atom. The monoisotopic (exact) mass is 277 g/mol. The fraction of sp³-hybridized carbons (Fsp3) is 0.333. The second-order valence-corrected chi connectivity index (χ2v) is 4.30. The highest BCUT2D eigenvalue weighted by molar-refractivity contribution is 5.93. The Morgan fingerprint density at radius 1 is 1.60 bits per heavy atom. The molecule has 0 unspecified atom stereocenters. The molecule has 0 aliphatic heterocycles. The summed E-state index contributed by atoms with van der Waals surface area (Å²) in [6, 6.07) is 3.03. The van der Waals surface area contributed by atoms with Gasteiger partial charge in [-0.3, -0.25) is 20.0 Å². The van der Waals surface area contributed by atoms with Crippen molar-refractivity contribution < 1.29 is 9.72 Å². The minimum Gasteiger partial charge on any atom is -0.345 e. The number of carbonyl (C=O) groups is 1. The molecule has 0 aliphatic carbocycles. The lowest BCUT2D eigenvalue weighted by Crippen LogP contribution is -2.25. The van der Waals surface area contributed by atoms with E-state index in [1.54, 1.807) is 16.8 Å². The van der Waals surface area contributed by atoms with E-state index in [2.05, 4.69) is 15.5 Å². The number of amides is 1. The van der Waals surface area contributed by atoms with E-state index in [0.29, 0.717) is 13.1 Å².